The quantitative estimate of drug-likeness (QED) is 0.626. The van der Waals surface area contributed by atoms with E-state index in [-0.39, 0.29) is 0 Å². The van der Waals surface area contributed by atoms with Crippen molar-refractivity contribution in [3.05, 3.63) is 35.5 Å². The highest BCUT2D eigenvalue weighted by molar-refractivity contribution is 6.31. The molecule has 0 saturated heterocycles. The molecule has 0 aliphatic carbocycles. The number of nitrogens with one attached hydrogen (secondary N) is 2. The van der Waals surface area contributed by atoms with Gasteiger partial charge in [0.15, 0.2) is 0 Å². The summed E-state index contributed by atoms with van der Waals surface area (Å²) in [5, 5.41) is 8.38. The first-order chi connectivity index (χ1) is 8.31. The first kappa shape index (κ1) is 11.8. The second-order valence-electron chi connectivity index (χ2n) is 3.68. The van der Waals surface area contributed by atoms with E-state index >= 15 is 0 Å². The molecule has 0 unspecified atom stereocenters. The molecule has 2 N–H and O–H groups in total. The fourth-order valence-electron chi connectivity index (χ4n) is 1.66. The van der Waals surface area contributed by atoms with Crippen LogP contribution in [0.2, 0.25) is 5.02 Å². The number of nitrogens with zero attached hydrogens (tertiary/aromatic N) is 2. The number of rotatable bonds is 5. The maximum atomic E-state index is 6.71. The number of benzene rings is 1. The monoisotopic (exact) mass is 248 g/mol. The molecule has 0 spiro atoms. The summed E-state index contributed by atoms with van der Waals surface area (Å²) in [6.07, 6.45) is 2.61. The zero-order chi connectivity index (χ0) is 12.1. The van der Waals surface area contributed by atoms with Gasteiger partial charge in [0.05, 0.1) is 12.1 Å². The van der Waals surface area contributed by atoms with Gasteiger partial charge >= 0.3 is 0 Å². The summed E-state index contributed by atoms with van der Waals surface area (Å²) >= 11 is 5.92. The minimum absolute atomic E-state index is 0.557. The Kier molecular flexibility index (Phi) is 3.88. The maximum absolute atomic E-state index is 6.71. The van der Waals surface area contributed by atoms with E-state index in [1.807, 2.05) is 24.3 Å². The number of hydrogen-bond acceptors (Lipinski definition) is 4. The van der Waals surface area contributed by atoms with Crippen molar-refractivity contribution in [3.8, 4) is 0 Å². The highest BCUT2D eigenvalue weighted by Crippen LogP contribution is 2.24. The van der Waals surface area contributed by atoms with Gasteiger partial charge in [0.1, 0.15) is 0 Å². The third-order valence-electron chi connectivity index (χ3n) is 2.47. The Morgan fingerprint density at radius 2 is 2.24 bits per heavy atom. The van der Waals surface area contributed by atoms with Crippen LogP contribution in [0.5, 0.6) is 0 Å². The van der Waals surface area contributed by atoms with E-state index in [0.717, 1.165) is 29.6 Å². The zero-order valence-corrected chi connectivity index (χ0v) is 10.0. The SMILES string of the molecule is N=NCCCNc1ccnc2cc(Cl)ccc12. The van der Waals surface area contributed by atoms with Crippen LogP contribution < -0.4 is 5.32 Å². The lowest BCUT2D eigenvalue weighted by molar-refractivity contribution is 0.811. The molecule has 0 radical (unpaired) electrons. The van der Waals surface area contributed by atoms with Crippen molar-refractivity contribution in [1.29, 1.82) is 5.53 Å². The number of pyridine rings is 1. The minimum Gasteiger partial charge on any atom is -0.384 e. The van der Waals surface area contributed by atoms with Crippen LogP contribution in [0.1, 0.15) is 6.42 Å². The van der Waals surface area contributed by atoms with Crippen LogP contribution in [0.3, 0.4) is 0 Å². The van der Waals surface area contributed by atoms with Gasteiger partial charge in [-0.25, -0.2) is 5.53 Å². The molecule has 2 aromatic rings. The molecule has 0 atom stereocenters. The summed E-state index contributed by atoms with van der Waals surface area (Å²) in [5.41, 5.74) is 8.63. The fraction of sp³-hybridized carbons (Fsp3) is 0.250. The van der Waals surface area contributed by atoms with E-state index < -0.39 is 0 Å². The van der Waals surface area contributed by atoms with Crippen molar-refractivity contribution < 1.29 is 0 Å². The third-order valence-corrected chi connectivity index (χ3v) is 2.70. The number of aromatic nitrogens is 1. The lowest BCUT2D eigenvalue weighted by atomic mass is 10.2. The predicted molar refractivity (Wildman–Crippen MR) is 69.9 cm³/mol. The van der Waals surface area contributed by atoms with Crippen molar-refractivity contribution in [3.63, 3.8) is 0 Å². The van der Waals surface area contributed by atoms with Gasteiger partial charge in [0.2, 0.25) is 0 Å². The molecule has 1 aromatic heterocycles. The predicted octanol–water partition coefficient (Wildman–Crippen LogP) is 3.72. The molecular weight excluding hydrogens is 236 g/mol. The second kappa shape index (κ2) is 5.59. The second-order valence-corrected chi connectivity index (χ2v) is 4.12. The highest BCUT2D eigenvalue weighted by Gasteiger charge is 2.01. The van der Waals surface area contributed by atoms with Gasteiger partial charge in [-0.2, -0.15) is 5.11 Å². The summed E-state index contributed by atoms with van der Waals surface area (Å²) in [6.45, 7) is 1.35. The summed E-state index contributed by atoms with van der Waals surface area (Å²) < 4.78 is 0. The molecule has 0 aliphatic heterocycles. The number of fused-ring (bicyclic) bond motifs is 1. The smallest absolute Gasteiger partial charge is 0.0737 e. The van der Waals surface area contributed by atoms with Gasteiger partial charge in [-0.3, -0.25) is 4.98 Å². The Morgan fingerprint density at radius 1 is 1.35 bits per heavy atom. The largest absolute Gasteiger partial charge is 0.384 e. The number of halogens is 1. The first-order valence-electron chi connectivity index (χ1n) is 5.42. The van der Waals surface area contributed by atoms with E-state index in [0.29, 0.717) is 11.6 Å². The van der Waals surface area contributed by atoms with E-state index in [4.69, 9.17) is 17.1 Å². The molecule has 0 bridgehead atoms. The normalized spacial score (nSPS) is 10.4. The molecular formula is C12H13ClN4. The molecule has 0 aliphatic rings. The third kappa shape index (κ3) is 2.91. The average molecular weight is 249 g/mol. The molecule has 0 saturated carbocycles. The van der Waals surface area contributed by atoms with E-state index in [9.17, 15) is 0 Å². The molecule has 2 rings (SSSR count). The summed E-state index contributed by atoms with van der Waals surface area (Å²) in [7, 11) is 0. The van der Waals surface area contributed by atoms with Crippen LogP contribution in [0.4, 0.5) is 5.69 Å². The molecule has 1 aromatic carbocycles. The van der Waals surface area contributed by atoms with Gasteiger partial charge in [-0.1, -0.05) is 11.6 Å². The van der Waals surface area contributed by atoms with Crippen LogP contribution in [0.15, 0.2) is 35.6 Å². The van der Waals surface area contributed by atoms with Crippen LogP contribution in [-0.2, 0) is 0 Å². The van der Waals surface area contributed by atoms with Gasteiger partial charge < -0.3 is 5.32 Å². The Labute approximate surface area is 105 Å². The molecule has 1 heterocycles. The van der Waals surface area contributed by atoms with Crippen molar-refractivity contribution in [2.45, 2.75) is 6.42 Å². The summed E-state index contributed by atoms with van der Waals surface area (Å²) in [6, 6.07) is 7.60. The molecule has 5 heteroatoms. The van der Waals surface area contributed by atoms with Gasteiger partial charge in [0.25, 0.3) is 0 Å². The molecule has 4 nitrogen and oxygen atoms in total. The molecule has 0 fully saturated rings. The average Bonchev–Trinajstić information content (AvgIpc) is 2.34. The Hall–Kier alpha value is -1.68. The Balaban J connectivity index is 2.19. The van der Waals surface area contributed by atoms with Crippen molar-refractivity contribution in [2.24, 2.45) is 5.11 Å². The van der Waals surface area contributed by atoms with E-state index in [1.165, 1.54) is 0 Å². The van der Waals surface area contributed by atoms with Gasteiger partial charge in [0, 0.05) is 28.8 Å². The van der Waals surface area contributed by atoms with Crippen LogP contribution in [0, 0.1) is 5.53 Å². The molecule has 17 heavy (non-hydrogen) atoms. The van der Waals surface area contributed by atoms with Crippen LogP contribution in [-0.4, -0.2) is 18.1 Å². The maximum Gasteiger partial charge on any atom is 0.0737 e. The minimum atomic E-state index is 0.557. The van der Waals surface area contributed by atoms with Crippen molar-refractivity contribution in [1.82, 2.24) is 4.98 Å². The number of hydrogen-bond donors (Lipinski definition) is 2. The highest BCUT2D eigenvalue weighted by atomic mass is 35.5. The topological polar surface area (TPSA) is 61.1 Å². The molecule has 0 amide bonds. The van der Waals surface area contributed by atoms with Gasteiger partial charge in [-0.05, 0) is 30.7 Å². The zero-order valence-electron chi connectivity index (χ0n) is 9.28. The standard InChI is InChI=1S/C12H13ClN4/c13-9-2-3-10-11(15-5-1-6-17-14)4-7-16-12(10)8-9/h2-4,7-8,14H,1,5-6H2,(H,15,16). The summed E-state index contributed by atoms with van der Waals surface area (Å²) in [4.78, 5) is 4.27. The lowest BCUT2D eigenvalue weighted by Crippen LogP contribution is -2.03. The Bertz CT molecular complexity index is 527. The first-order valence-corrected chi connectivity index (χ1v) is 5.80. The molecule has 88 valence electrons. The van der Waals surface area contributed by atoms with Gasteiger partial charge in [-0.15, -0.1) is 0 Å². The van der Waals surface area contributed by atoms with Crippen LogP contribution in [0.25, 0.3) is 10.9 Å². The van der Waals surface area contributed by atoms with Crippen molar-refractivity contribution >= 4 is 28.2 Å². The van der Waals surface area contributed by atoms with Crippen LogP contribution >= 0.6 is 11.6 Å². The Morgan fingerprint density at radius 3 is 3.06 bits per heavy atom. The van der Waals surface area contributed by atoms with Crippen molar-refractivity contribution in [2.75, 3.05) is 18.4 Å². The fourth-order valence-corrected chi connectivity index (χ4v) is 1.82. The lowest BCUT2D eigenvalue weighted by Gasteiger charge is -2.08. The van der Waals surface area contributed by atoms with E-state index in [2.05, 4.69) is 15.4 Å². The summed E-state index contributed by atoms with van der Waals surface area (Å²) in [5.74, 6) is 0. The van der Waals surface area contributed by atoms with E-state index in [1.54, 1.807) is 6.20 Å². The number of anilines is 1.